The summed E-state index contributed by atoms with van der Waals surface area (Å²) in [5, 5.41) is 3.36. The number of amides is 1. The van der Waals surface area contributed by atoms with Crippen molar-refractivity contribution < 1.29 is 14.3 Å². The molecule has 1 aliphatic heterocycles. The monoisotopic (exact) mass is 392 g/mol. The summed E-state index contributed by atoms with van der Waals surface area (Å²) in [6.45, 7) is 3.57. The van der Waals surface area contributed by atoms with Gasteiger partial charge in [0.1, 0.15) is 0 Å². The Balaban J connectivity index is 1.51. The van der Waals surface area contributed by atoms with Gasteiger partial charge in [-0.3, -0.25) is 10.1 Å². The van der Waals surface area contributed by atoms with Crippen LogP contribution in [-0.4, -0.2) is 22.5 Å². The summed E-state index contributed by atoms with van der Waals surface area (Å²) in [6, 6.07) is 17.3. The van der Waals surface area contributed by atoms with Gasteiger partial charge in [0.05, 0.1) is 11.3 Å². The minimum atomic E-state index is -1.26. The zero-order chi connectivity index (χ0) is 19.7. The number of carbonyl (C=O) groups is 2. The van der Waals surface area contributed by atoms with Crippen molar-refractivity contribution in [1.29, 1.82) is 0 Å². The SMILES string of the molecule is Cc1nc(NC(=O)C2(C)Cc3ccccc3C(=O)O2)sc1Cc1ccccc1. The van der Waals surface area contributed by atoms with E-state index >= 15 is 0 Å². The van der Waals surface area contributed by atoms with Gasteiger partial charge in [-0.05, 0) is 31.0 Å². The number of cyclic esters (lactones) is 1. The highest BCUT2D eigenvalue weighted by molar-refractivity contribution is 7.15. The summed E-state index contributed by atoms with van der Waals surface area (Å²) in [7, 11) is 0. The number of anilines is 1. The van der Waals surface area contributed by atoms with E-state index in [1.54, 1.807) is 19.1 Å². The van der Waals surface area contributed by atoms with Crippen LogP contribution in [0.2, 0.25) is 0 Å². The van der Waals surface area contributed by atoms with Crippen molar-refractivity contribution >= 4 is 28.3 Å². The Kier molecular flexibility index (Phi) is 4.73. The molecule has 0 saturated heterocycles. The molecule has 4 rings (SSSR count). The van der Waals surface area contributed by atoms with Gasteiger partial charge in [0.15, 0.2) is 10.7 Å². The maximum atomic E-state index is 12.9. The lowest BCUT2D eigenvalue weighted by molar-refractivity contribution is -0.134. The Morgan fingerprint density at radius 1 is 1.18 bits per heavy atom. The molecule has 1 aliphatic rings. The summed E-state index contributed by atoms with van der Waals surface area (Å²) in [6.07, 6.45) is 1.10. The molecule has 2 heterocycles. The van der Waals surface area contributed by atoms with Crippen LogP contribution in [0.4, 0.5) is 5.13 Å². The third-order valence-electron chi connectivity index (χ3n) is 4.88. The smallest absolute Gasteiger partial charge is 0.339 e. The van der Waals surface area contributed by atoms with Gasteiger partial charge in [-0.15, -0.1) is 11.3 Å². The molecule has 1 unspecified atom stereocenters. The number of thiazole rings is 1. The van der Waals surface area contributed by atoms with E-state index in [4.69, 9.17) is 4.74 Å². The number of ether oxygens (including phenoxy) is 1. The summed E-state index contributed by atoms with van der Waals surface area (Å²) in [5.74, 6) is -0.838. The summed E-state index contributed by atoms with van der Waals surface area (Å²) >= 11 is 1.45. The molecule has 142 valence electrons. The van der Waals surface area contributed by atoms with Crippen LogP contribution in [0.1, 0.15) is 39.0 Å². The van der Waals surface area contributed by atoms with Crippen molar-refractivity contribution in [1.82, 2.24) is 4.98 Å². The van der Waals surface area contributed by atoms with Gasteiger partial charge in [-0.25, -0.2) is 9.78 Å². The number of nitrogens with one attached hydrogen (secondary N) is 1. The molecule has 1 amide bonds. The second-order valence-electron chi connectivity index (χ2n) is 7.10. The topological polar surface area (TPSA) is 68.3 Å². The van der Waals surface area contributed by atoms with Gasteiger partial charge in [0.25, 0.3) is 5.91 Å². The van der Waals surface area contributed by atoms with Crippen LogP contribution in [0, 0.1) is 6.92 Å². The Morgan fingerprint density at radius 3 is 2.68 bits per heavy atom. The fraction of sp³-hybridized carbons (Fsp3) is 0.227. The molecule has 1 aromatic heterocycles. The highest BCUT2D eigenvalue weighted by Gasteiger charge is 2.42. The molecule has 0 saturated carbocycles. The highest BCUT2D eigenvalue weighted by atomic mass is 32.1. The zero-order valence-corrected chi connectivity index (χ0v) is 16.5. The molecular weight excluding hydrogens is 372 g/mol. The molecule has 3 aromatic rings. The maximum absolute atomic E-state index is 12.9. The minimum Gasteiger partial charge on any atom is -0.445 e. The van der Waals surface area contributed by atoms with E-state index in [0.29, 0.717) is 17.1 Å². The van der Waals surface area contributed by atoms with Crippen LogP contribution >= 0.6 is 11.3 Å². The van der Waals surface area contributed by atoms with E-state index in [0.717, 1.165) is 22.6 Å². The molecule has 1 N–H and O–H groups in total. The largest absolute Gasteiger partial charge is 0.445 e. The van der Waals surface area contributed by atoms with E-state index in [1.807, 2.05) is 37.3 Å². The number of nitrogens with zero attached hydrogens (tertiary/aromatic N) is 1. The van der Waals surface area contributed by atoms with Crippen molar-refractivity contribution in [3.63, 3.8) is 0 Å². The van der Waals surface area contributed by atoms with Crippen LogP contribution in [0.3, 0.4) is 0 Å². The van der Waals surface area contributed by atoms with Gasteiger partial charge in [-0.1, -0.05) is 48.5 Å². The third-order valence-corrected chi connectivity index (χ3v) is 5.96. The van der Waals surface area contributed by atoms with E-state index in [9.17, 15) is 9.59 Å². The Morgan fingerprint density at radius 2 is 1.89 bits per heavy atom. The lowest BCUT2D eigenvalue weighted by Gasteiger charge is -2.32. The maximum Gasteiger partial charge on any atom is 0.339 e. The number of fused-ring (bicyclic) bond motifs is 1. The standard InChI is InChI=1S/C22H20N2O3S/c1-14-18(12-15-8-4-3-5-9-15)28-21(23-14)24-20(26)22(2)13-16-10-6-7-11-17(16)19(25)27-22/h3-11H,12-13H2,1-2H3,(H,23,24,26). The predicted molar refractivity (Wildman–Crippen MR) is 109 cm³/mol. The number of aryl methyl sites for hydroxylation is 1. The van der Waals surface area contributed by atoms with Crippen molar-refractivity contribution in [2.75, 3.05) is 5.32 Å². The number of benzene rings is 2. The van der Waals surface area contributed by atoms with E-state index < -0.39 is 11.6 Å². The Hall–Kier alpha value is -2.99. The molecule has 0 radical (unpaired) electrons. The molecule has 6 heteroatoms. The van der Waals surface area contributed by atoms with Gasteiger partial charge in [0.2, 0.25) is 0 Å². The number of hydrogen-bond donors (Lipinski definition) is 1. The van der Waals surface area contributed by atoms with E-state index in [1.165, 1.54) is 16.9 Å². The second-order valence-corrected chi connectivity index (χ2v) is 8.18. The van der Waals surface area contributed by atoms with E-state index in [-0.39, 0.29) is 5.91 Å². The van der Waals surface area contributed by atoms with Crippen molar-refractivity contribution in [2.45, 2.75) is 32.3 Å². The summed E-state index contributed by atoms with van der Waals surface area (Å²) in [5.41, 5.74) is 2.15. The minimum absolute atomic E-state index is 0.335. The molecule has 0 spiro atoms. The summed E-state index contributed by atoms with van der Waals surface area (Å²) < 4.78 is 5.49. The highest BCUT2D eigenvalue weighted by Crippen LogP contribution is 2.31. The quantitative estimate of drug-likeness (QED) is 0.677. The van der Waals surface area contributed by atoms with Gasteiger partial charge >= 0.3 is 5.97 Å². The lowest BCUT2D eigenvalue weighted by atomic mass is 9.89. The first-order chi connectivity index (χ1) is 13.4. The Labute approximate surface area is 167 Å². The van der Waals surface area contributed by atoms with Crippen molar-refractivity contribution in [3.8, 4) is 0 Å². The number of carbonyl (C=O) groups excluding carboxylic acids is 2. The molecule has 1 atom stereocenters. The van der Waals surface area contributed by atoms with Crippen LogP contribution < -0.4 is 5.32 Å². The fourth-order valence-electron chi connectivity index (χ4n) is 3.32. The molecule has 0 bridgehead atoms. The van der Waals surface area contributed by atoms with Gasteiger partial charge < -0.3 is 4.74 Å². The molecule has 0 fully saturated rings. The first-order valence-electron chi connectivity index (χ1n) is 9.07. The van der Waals surface area contributed by atoms with E-state index in [2.05, 4.69) is 22.4 Å². The predicted octanol–water partition coefficient (Wildman–Crippen LogP) is 4.15. The average Bonchev–Trinajstić information content (AvgIpc) is 3.01. The first kappa shape index (κ1) is 18.4. The first-order valence-corrected chi connectivity index (χ1v) is 9.89. The van der Waals surface area contributed by atoms with Crippen LogP contribution in [-0.2, 0) is 22.4 Å². The van der Waals surface area contributed by atoms with Crippen molar-refractivity contribution in [3.05, 3.63) is 81.9 Å². The van der Waals surface area contributed by atoms with Crippen molar-refractivity contribution in [2.24, 2.45) is 0 Å². The third kappa shape index (κ3) is 3.55. The number of rotatable bonds is 4. The van der Waals surface area contributed by atoms with Crippen LogP contribution in [0.25, 0.3) is 0 Å². The van der Waals surface area contributed by atoms with Gasteiger partial charge in [0, 0.05) is 17.7 Å². The molecule has 2 aromatic carbocycles. The number of aromatic nitrogens is 1. The van der Waals surface area contributed by atoms with Crippen LogP contribution in [0.5, 0.6) is 0 Å². The number of hydrogen-bond acceptors (Lipinski definition) is 5. The molecule has 5 nitrogen and oxygen atoms in total. The average molecular weight is 392 g/mol. The number of esters is 1. The summed E-state index contributed by atoms with van der Waals surface area (Å²) in [4.78, 5) is 30.8. The zero-order valence-electron chi connectivity index (χ0n) is 15.7. The van der Waals surface area contributed by atoms with Gasteiger partial charge in [-0.2, -0.15) is 0 Å². The molecule has 0 aliphatic carbocycles. The Bertz CT molecular complexity index is 1040. The molecule has 28 heavy (non-hydrogen) atoms. The fourth-order valence-corrected chi connectivity index (χ4v) is 4.31. The van der Waals surface area contributed by atoms with Crippen LogP contribution in [0.15, 0.2) is 54.6 Å². The normalized spacial score (nSPS) is 18.3. The molecular formula is C22H20N2O3S. The lowest BCUT2D eigenvalue weighted by Crippen LogP contribution is -2.48. The second kappa shape index (κ2) is 7.20.